The largest absolute Gasteiger partial charge is 0.454 e. The third-order valence-electron chi connectivity index (χ3n) is 6.17. The summed E-state index contributed by atoms with van der Waals surface area (Å²) in [4.78, 5) is 45.1. The third kappa shape index (κ3) is 4.83. The molecule has 1 aromatic heterocycles. The smallest absolute Gasteiger partial charge is 0.351 e. The molecule has 11 nitrogen and oxygen atoms in total. The average molecular weight is 489 g/mol. The Labute approximate surface area is 206 Å². The molecular formula is C25H24N6O5. The van der Waals surface area contributed by atoms with Gasteiger partial charge in [0.25, 0.3) is 5.91 Å². The lowest BCUT2D eigenvalue weighted by molar-refractivity contribution is -0.0946. The molecule has 3 aromatic rings. The first kappa shape index (κ1) is 24.6. The maximum Gasteiger partial charge on any atom is 0.351 e. The first-order valence-electron chi connectivity index (χ1n) is 11.3. The van der Waals surface area contributed by atoms with Crippen molar-refractivity contribution in [3.8, 4) is 0 Å². The Hall–Kier alpha value is -4.47. The summed E-state index contributed by atoms with van der Waals surface area (Å²) in [5.74, 6) is -1.57. The van der Waals surface area contributed by atoms with Gasteiger partial charge in [-0.2, -0.15) is 4.98 Å². The van der Waals surface area contributed by atoms with Crippen molar-refractivity contribution in [3.05, 3.63) is 105 Å². The second kappa shape index (κ2) is 10.4. The van der Waals surface area contributed by atoms with Crippen LogP contribution in [-0.4, -0.2) is 33.3 Å². The van der Waals surface area contributed by atoms with Gasteiger partial charge in [-0.05, 0) is 42.3 Å². The molecule has 0 bridgehead atoms. The van der Waals surface area contributed by atoms with E-state index < -0.39 is 41.5 Å². The van der Waals surface area contributed by atoms with Gasteiger partial charge >= 0.3 is 11.7 Å². The lowest BCUT2D eigenvalue weighted by Crippen LogP contribution is -2.37. The minimum absolute atomic E-state index is 0.0470. The van der Waals surface area contributed by atoms with Crippen molar-refractivity contribution in [2.24, 2.45) is 11.0 Å². The summed E-state index contributed by atoms with van der Waals surface area (Å²) in [5.41, 5.74) is 7.81. The van der Waals surface area contributed by atoms with E-state index in [0.29, 0.717) is 11.1 Å². The van der Waals surface area contributed by atoms with E-state index in [1.54, 1.807) is 74.5 Å². The lowest BCUT2D eigenvalue weighted by atomic mass is 9.92. The molecule has 11 heteroatoms. The number of aromatic nitrogens is 2. The van der Waals surface area contributed by atoms with E-state index in [9.17, 15) is 14.4 Å². The summed E-state index contributed by atoms with van der Waals surface area (Å²) in [5, 5.41) is 6.44. The molecule has 184 valence electrons. The molecule has 0 radical (unpaired) electrons. The van der Waals surface area contributed by atoms with Crippen LogP contribution < -0.4 is 11.0 Å². The van der Waals surface area contributed by atoms with E-state index in [1.807, 2.05) is 0 Å². The van der Waals surface area contributed by atoms with Crippen LogP contribution in [0.5, 0.6) is 0 Å². The highest BCUT2D eigenvalue weighted by Gasteiger charge is 2.54. The monoisotopic (exact) mass is 488 g/mol. The van der Waals surface area contributed by atoms with Gasteiger partial charge in [0, 0.05) is 22.6 Å². The Morgan fingerprint density at radius 3 is 2.36 bits per heavy atom. The summed E-state index contributed by atoms with van der Waals surface area (Å²) in [7, 11) is 0. The average Bonchev–Trinajstić information content (AvgIpc) is 3.16. The fourth-order valence-electron chi connectivity index (χ4n) is 4.15. The number of carbonyl (C=O) groups excluding carboxylic acids is 2. The van der Waals surface area contributed by atoms with Crippen molar-refractivity contribution in [2.45, 2.75) is 38.3 Å². The van der Waals surface area contributed by atoms with Gasteiger partial charge in [-0.15, -0.1) is 0 Å². The predicted octanol–water partition coefficient (Wildman–Crippen LogP) is 4.30. The van der Waals surface area contributed by atoms with Crippen molar-refractivity contribution < 1.29 is 19.1 Å². The molecular weight excluding hydrogens is 464 g/mol. The Kier molecular flexibility index (Phi) is 7.14. The quantitative estimate of drug-likeness (QED) is 0.227. The maximum absolute atomic E-state index is 13.0. The van der Waals surface area contributed by atoms with Gasteiger partial charge in [0.1, 0.15) is 5.82 Å². The fourth-order valence-corrected chi connectivity index (χ4v) is 4.15. The van der Waals surface area contributed by atoms with Gasteiger partial charge in [0.15, 0.2) is 18.1 Å². The zero-order valence-electron chi connectivity index (χ0n) is 19.6. The molecule has 1 N–H and O–H groups in total. The van der Waals surface area contributed by atoms with E-state index in [-0.39, 0.29) is 12.2 Å². The van der Waals surface area contributed by atoms with Gasteiger partial charge in [0.2, 0.25) is 0 Å². The molecule has 1 aliphatic rings. The van der Waals surface area contributed by atoms with Crippen molar-refractivity contribution in [1.29, 1.82) is 0 Å². The summed E-state index contributed by atoms with van der Waals surface area (Å²) in [6, 6.07) is 18.3. The van der Waals surface area contributed by atoms with Crippen LogP contribution in [0.2, 0.25) is 0 Å². The molecule has 2 heterocycles. The predicted molar refractivity (Wildman–Crippen MR) is 130 cm³/mol. The molecule has 1 aliphatic heterocycles. The molecule has 1 fully saturated rings. The zero-order chi connectivity index (χ0) is 25.7. The van der Waals surface area contributed by atoms with E-state index in [1.165, 1.54) is 12.3 Å². The van der Waals surface area contributed by atoms with Crippen LogP contribution in [0.1, 0.15) is 47.2 Å². The third-order valence-corrected chi connectivity index (χ3v) is 6.17. The number of nitrogens with zero attached hydrogens (tertiary/aromatic N) is 5. The van der Waals surface area contributed by atoms with Crippen LogP contribution in [0.4, 0.5) is 5.82 Å². The van der Waals surface area contributed by atoms with E-state index >= 15 is 0 Å². The molecule has 0 saturated carbocycles. The Bertz CT molecular complexity index is 1360. The Balaban J connectivity index is 1.64. The number of amides is 1. The standard InChI is InChI=1S/C25H24N6O5/c1-3-25(29-30-26)16(2)20(35-23(33)18-12-8-5-9-13-18)22(36-25)31-15-14-19(28-24(31)34)27-21(32)17-10-6-4-7-11-17/h4-16,20,22H,3H2,1-2H3,(H,27,28,32,34)/t16-,20-,22+,25+/m0/s1. The van der Waals surface area contributed by atoms with Crippen LogP contribution in [0.3, 0.4) is 0 Å². The van der Waals surface area contributed by atoms with E-state index in [0.717, 1.165) is 4.57 Å². The number of hydrogen-bond acceptors (Lipinski definition) is 7. The number of anilines is 1. The van der Waals surface area contributed by atoms with Crippen LogP contribution >= 0.6 is 0 Å². The highest BCUT2D eigenvalue weighted by molar-refractivity contribution is 6.03. The number of ether oxygens (including phenoxy) is 2. The number of rotatable bonds is 7. The molecule has 0 unspecified atom stereocenters. The lowest BCUT2D eigenvalue weighted by Gasteiger charge is -2.26. The topological polar surface area (TPSA) is 148 Å². The van der Waals surface area contributed by atoms with Crippen molar-refractivity contribution in [2.75, 3.05) is 5.32 Å². The number of azide groups is 1. The maximum atomic E-state index is 13.0. The van der Waals surface area contributed by atoms with Crippen molar-refractivity contribution >= 4 is 17.7 Å². The van der Waals surface area contributed by atoms with Gasteiger partial charge in [0.05, 0.1) is 5.56 Å². The van der Waals surface area contributed by atoms with Gasteiger partial charge in [-0.3, -0.25) is 9.36 Å². The Morgan fingerprint density at radius 2 is 1.78 bits per heavy atom. The second-order valence-electron chi connectivity index (χ2n) is 8.24. The first-order valence-corrected chi connectivity index (χ1v) is 11.3. The van der Waals surface area contributed by atoms with E-state index in [2.05, 4.69) is 20.3 Å². The Morgan fingerprint density at radius 1 is 1.14 bits per heavy atom. The second-order valence-corrected chi connectivity index (χ2v) is 8.24. The van der Waals surface area contributed by atoms with Crippen molar-refractivity contribution in [1.82, 2.24) is 9.55 Å². The number of benzene rings is 2. The number of hydrogen-bond donors (Lipinski definition) is 1. The molecule has 4 atom stereocenters. The summed E-state index contributed by atoms with van der Waals surface area (Å²) in [6.07, 6.45) is -0.413. The van der Waals surface area contributed by atoms with Crippen LogP contribution in [-0.2, 0) is 9.47 Å². The molecule has 4 rings (SSSR count). The first-order chi connectivity index (χ1) is 17.4. The van der Waals surface area contributed by atoms with Crippen LogP contribution in [0, 0.1) is 5.92 Å². The molecule has 0 aliphatic carbocycles. The highest BCUT2D eigenvalue weighted by Crippen LogP contribution is 2.46. The molecule has 0 spiro atoms. The molecule has 36 heavy (non-hydrogen) atoms. The normalized spacial score (nSPS) is 22.9. The summed E-state index contributed by atoms with van der Waals surface area (Å²) < 4.78 is 13.0. The van der Waals surface area contributed by atoms with Gasteiger partial charge in [-0.25, -0.2) is 9.59 Å². The van der Waals surface area contributed by atoms with Crippen molar-refractivity contribution in [3.63, 3.8) is 0 Å². The minimum Gasteiger partial charge on any atom is -0.454 e. The zero-order valence-corrected chi connectivity index (χ0v) is 19.6. The molecule has 1 saturated heterocycles. The summed E-state index contributed by atoms with van der Waals surface area (Å²) in [6.45, 7) is 3.50. The minimum atomic E-state index is -1.35. The molecule has 1 amide bonds. The number of nitrogens with one attached hydrogen (secondary N) is 1. The van der Waals surface area contributed by atoms with Crippen LogP contribution in [0.25, 0.3) is 10.4 Å². The van der Waals surface area contributed by atoms with Gasteiger partial charge < -0.3 is 14.8 Å². The highest BCUT2D eigenvalue weighted by atomic mass is 16.6. The van der Waals surface area contributed by atoms with Gasteiger partial charge in [-0.1, -0.05) is 55.4 Å². The van der Waals surface area contributed by atoms with Crippen LogP contribution in [0.15, 0.2) is 82.8 Å². The number of carbonyl (C=O) groups is 2. The molecule has 2 aromatic carbocycles. The summed E-state index contributed by atoms with van der Waals surface area (Å²) >= 11 is 0. The number of esters is 1. The SMILES string of the molecule is CC[C@@]1(N=[N+]=[N-])O[C@@H](n2ccc(NC(=O)c3ccccc3)nc2=O)[C@@H](OC(=O)c2ccccc2)[C@@H]1C. The van der Waals surface area contributed by atoms with E-state index in [4.69, 9.17) is 15.0 Å². The fraction of sp³-hybridized carbons (Fsp3) is 0.280.